The number of ether oxygens (including phenoxy) is 1. The quantitative estimate of drug-likeness (QED) is 0.441. The lowest BCUT2D eigenvalue weighted by Crippen LogP contribution is -2.34. The molecule has 6 heteroatoms. The Balaban J connectivity index is 1.72. The largest absolute Gasteiger partial charge is 0.462 e. The highest BCUT2D eigenvalue weighted by atomic mass is 16.5. The standard InChI is InChI=1S/C26H35N3O3/c1-3-8-23(22-14-13-21(27)18-24(22)29-15-6-5-7-16-29)28-25(30)17-19-9-11-20(12-10-19)26(31)32-4-2/h9-14,18,23H,3-8,15-17,27H2,1-2H3,(H,28,30). The number of nitrogens with two attached hydrogens (primary N) is 1. The van der Waals surface area contributed by atoms with Gasteiger partial charge in [-0.05, 0) is 68.0 Å². The van der Waals surface area contributed by atoms with Crippen LogP contribution in [0.3, 0.4) is 0 Å². The van der Waals surface area contributed by atoms with E-state index in [4.69, 9.17) is 10.5 Å². The monoisotopic (exact) mass is 437 g/mol. The van der Waals surface area contributed by atoms with Crippen LogP contribution in [0.5, 0.6) is 0 Å². The number of nitrogen functional groups attached to an aromatic ring is 1. The smallest absolute Gasteiger partial charge is 0.338 e. The van der Waals surface area contributed by atoms with Crippen molar-refractivity contribution in [1.82, 2.24) is 5.32 Å². The number of piperidine rings is 1. The fourth-order valence-electron chi connectivity index (χ4n) is 4.26. The van der Waals surface area contributed by atoms with Crippen molar-refractivity contribution in [3.63, 3.8) is 0 Å². The summed E-state index contributed by atoms with van der Waals surface area (Å²) in [6, 6.07) is 13.0. The van der Waals surface area contributed by atoms with Crippen LogP contribution in [0.15, 0.2) is 42.5 Å². The summed E-state index contributed by atoms with van der Waals surface area (Å²) in [7, 11) is 0. The molecule has 2 aromatic carbocycles. The van der Waals surface area contributed by atoms with Gasteiger partial charge in [-0.25, -0.2) is 4.79 Å². The molecule has 0 saturated carbocycles. The number of nitrogens with zero attached hydrogens (tertiary/aromatic N) is 1. The number of hydrogen-bond acceptors (Lipinski definition) is 5. The zero-order chi connectivity index (χ0) is 22.9. The number of amides is 1. The number of hydrogen-bond donors (Lipinski definition) is 2. The van der Waals surface area contributed by atoms with Gasteiger partial charge in [0.25, 0.3) is 0 Å². The van der Waals surface area contributed by atoms with Crippen LogP contribution < -0.4 is 16.0 Å². The Hall–Kier alpha value is -3.02. The van der Waals surface area contributed by atoms with Gasteiger partial charge in [-0.2, -0.15) is 0 Å². The predicted molar refractivity (Wildman–Crippen MR) is 129 cm³/mol. The predicted octanol–water partition coefficient (Wildman–Crippen LogP) is 4.64. The second-order valence-corrected chi connectivity index (χ2v) is 8.37. The SMILES string of the molecule is CCCC(NC(=O)Cc1ccc(C(=O)OCC)cc1)c1ccc(N)cc1N1CCCCC1. The summed E-state index contributed by atoms with van der Waals surface area (Å²) in [5.74, 6) is -0.381. The number of benzene rings is 2. The van der Waals surface area contributed by atoms with Crippen LogP contribution >= 0.6 is 0 Å². The molecule has 3 rings (SSSR count). The number of esters is 1. The van der Waals surface area contributed by atoms with E-state index in [0.717, 1.165) is 48.4 Å². The maximum Gasteiger partial charge on any atom is 0.338 e. The lowest BCUT2D eigenvalue weighted by molar-refractivity contribution is -0.121. The Labute approximate surface area is 191 Å². The van der Waals surface area contributed by atoms with Gasteiger partial charge in [0.1, 0.15) is 0 Å². The molecule has 0 aromatic heterocycles. The van der Waals surface area contributed by atoms with Crippen LogP contribution in [0.1, 0.15) is 73.5 Å². The maximum atomic E-state index is 12.9. The number of rotatable bonds is 9. The Kier molecular flexibility index (Phi) is 8.54. The molecule has 0 radical (unpaired) electrons. The Morgan fingerprint density at radius 2 is 1.78 bits per heavy atom. The van der Waals surface area contributed by atoms with Crippen molar-refractivity contribution in [2.24, 2.45) is 0 Å². The van der Waals surface area contributed by atoms with E-state index in [-0.39, 0.29) is 24.3 Å². The van der Waals surface area contributed by atoms with E-state index in [9.17, 15) is 9.59 Å². The van der Waals surface area contributed by atoms with E-state index in [1.807, 2.05) is 24.3 Å². The molecule has 1 unspecified atom stereocenters. The van der Waals surface area contributed by atoms with Gasteiger partial charge in [0.05, 0.1) is 24.6 Å². The van der Waals surface area contributed by atoms with E-state index in [2.05, 4.69) is 23.2 Å². The summed E-state index contributed by atoms with van der Waals surface area (Å²) < 4.78 is 5.02. The van der Waals surface area contributed by atoms with Gasteiger partial charge in [-0.15, -0.1) is 0 Å². The minimum atomic E-state index is -0.347. The number of anilines is 2. The first kappa shape index (κ1) is 23.6. The zero-order valence-electron chi connectivity index (χ0n) is 19.2. The van der Waals surface area contributed by atoms with Gasteiger partial charge in [-0.1, -0.05) is 31.5 Å². The van der Waals surface area contributed by atoms with Crippen molar-refractivity contribution in [1.29, 1.82) is 0 Å². The molecule has 1 aliphatic heterocycles. The molecule has 1 heterocycles. The minimum absolute atomic E-state index is 0.0336. The Bertz CT molecular complexity index is 905. The van der Waals surface area contributed by atoms with Crippen LogP contribution in [0, 0.1) is 0 Å². The van der Waals surface area contributed by atoms with E-state index in [0.29, 0.717) is 12.2 Å². The van der Waals surface area contributed by atoms with Crippen LogP contribution in [0.4, 0.5) is 11.4 Å². The van der Waals surface area contributed by atoms with Gasteiger partial charge in [0, 0.05) is 24.5 Å². The van der Waals surface area contributed by atoms with Crippen molar-refractivity contribution in [2.45, 2.75) is 58.4 Å². The second-order valence-electron chi connectivity index (χ2n) is 8.37. The van der Waals surface area contributed by atoms with Crippen LogP contribution in [-0.4, -0.2) is 31.6 Å². The molecule has 1 atom stereocenters. The molecule has 0 bridgehead atoms. The first-order valence-corrected chi connectivity index (χ1v) is 11.7. The molecule has 0 spiro atoms. The number of carbonyl (C=O) groups is 2. The normalized spacial score (nSPS) is 14.6. The van der Waals surface area contributed by atoms with Gasteiger partial charge < -0.3 is 20.7 Å². The van der Waals surface area contributed by atoms with Crippen molar-refractivity contribution < 1.29 is 14.3 Å². The van der Waals surface area contributed by atoms with Crippen molar-refractivity contribution in [3.05, 3.63) is 59.2 Å². The van der Waals surface area contributed by atoms with Crippen molar-refractivity contribution >= 4 is 23.3 Å². The van der Waals surface area contributed by atoms with E-state index < -0.39 is 0 Å². The molecule has 172 valence electrons. The highest BCUT2D eigenvalue weighted by molar-refractivity contribution is 5.89. The lowest BCUT2D eigenvalue weighted by atomic mass is 9.97. The molecule has 6 nitrogen and oxygen atoms in total. The van der Waals surface area contributed by atoms with Crippen molar-refractivity contribution in [2.75, 3.05) is 30.3 Å². The number of nitrogens with one attached hydrogen (secondary N) is 1. The topological polar surface area (TPSA) is 84.7 Å². The van der Waals surface area contributed by atoms with Gasteiger partial charge >= 0.3 is 5.97 Å². The van der Waals surface area contributed by atoms with Crippen molar-refractivity contribution in [3.8, 4) is 0 Å². The molecule has 1 aliphatic rings. The molecular formula is C26H35N3O3. The van der Waals surface area contributed by atoms with E-state index in [1.54, 1.807) is 19.1 Å². The summed E-state index contributed by atoms with van der Waals surface area (Å²) in [6.07, 6.45) is 5.71. The zero-order valence-corrected chi connectivity index (χ0v) is 19.2. The second kappa shape index (κ2) is 11.6. The highest BCUT2D eigenvalue weighted by Gasteiger charge is 2.22. The molecule has 1 amide bonds. The molecule has 2 aromatic rings. The fraction of sp³-hybridized carbons (Fsp3) is 0.462. The summed E-state index contributed by atoms with van der Waals surface area (Å²) >= 11 is 0. The molecule has 0 aliphatic carbocycles. The van der Waals surface area contributed by atoms with Crippen LogP contribution in [0.25, 0.3) is 0 Å². The molecule has 1 saturated heterocycles. The molecule has 32 heavy (non-hydrogen) atoms. The molecule has 1 fully saturated rings. The first-order chi connectivity index (χ1) is 15.5. The lowest BCUT2D eigenvalue weighted by Gasteiger charge is -2.33. The van der Waals surface area contributed by atoms with Gasteiger partial charge in [0.15, 0.2) is 0 Å². The van der Waals surface area contributed by atoms with Crippen LogP contribution in [0.2, 0.25) is 0 Å². The third kappa shape index (κ3) is 6.25. The number of carbonyl (C=O) groups excluding carboxylic acids is 2. The van der Waals surface area contributed by atoms with Gasteiger partial charge in [0.2, 0.25) is 5.91 Å². The van der Waals surface area contributed by atoms with Gasteiger partial charge in [-0.3, -0.25) is 4.79 Å². The van der Waals surface area contributed by atoms with E-state index >= 15 is 0 Å². The molecular weight excluding hydrogens is 402 g/mol. The summed E-state index contributed by atoms with van der Waals surface area (Å²) in [5.41, 5.74) is 10.5. The van der Waals surface area contributed by atoms with Crippen LogP contribution in [-0.2, 0) is 16.0 Å². The first-order valence-electron chi connectivity index (χ1n) is 11.7. The minimum Gasteiger partial charge on any atom is -0.462 e. The highest BCUT2D eigenvalue weighted by Crippen LogP contribution is 2.33. The summed E-state index contributed by atoms with van der Waals surface area (Å²) in [4.78, 5) is 27.1. The average Bonchev–Trinajstić information content (AvgIpc) is 2.80. The fourth-order valence-corrected chi connectivity index (χ4v) is 4.26. The summed E-state index contributed by atoms with van der Waals surface area (Å²) in [6.45, 7) is 6.30. The maximum absolute atomic E-state index is 12.9. The third-order valence-electron chi connectivity index (χ3n) is 5.87. The Morgan fingerprint density at radius 3 is 2.44 bits per heavy atom. The average molecular weight is 438 g/mol. The Morgan fingerprint density at radius 1 is 1.06 bits per heavy atom. The molecule has 3 N–H and O–H groups in total. The summed E-state index contributed by atoms with van der Waals surface area (Å²) in [5, 5.41) is 3.24. The van der Waals surface area contributed by atoms with E-state index in [1.165, 1.54) is 19.3 Å². The third-order valence-corrected chi connectivity index (χ3v) is 5.87.